The summed E-state index contributed by atoms with van der Waals surface area (Å²) in [6.07, 6.45) is -5.01. The topological polar surface area (TPSA) is 135 Å². The number of carbonyl (C=O) groups is 2. The van der Waals surface area contributed by atoms with Gasteiger partial charge in [0, 0.05) is 0 Å². The van der Waals surface area contributed by atoms with Crippen molar-refractivity contribution in [3.8, 4) is 0 Å². The van der Waals surface area contributed by atoms with Crippen LogP contribution in [0.5, 0.6) is 0 Å². The summed E-state index contributed by atoms with van der Waals surface area (Å²) < 4.78 is 0. The van der Waals surface area contributed by atoms with Crippen LogP contribution in [0, 0.1) is 0 Å². The standard InChI is InChI=1S/C6H12O6.C3H4O/c7-1-3(9)5(11)6(12)4(10)2-8;1-2-3-4/h1,3-6,8-12H,2H2;2-3H,1H2. The van der Waals surface area contributed by atoms with Gasteiger partial charge >= 0.3 is 0 Å². The fourth-order valence-electron chi connectivity index (χ4n) is 0.618. The second-order valence-electron chi connectivity index (χ2n) is 2.73. The summed E-state index contributed by atoms with van der Waals surface area (Å²) in [7, 11) is 0. The monoisotopic (exact) mass is 236 g/mol. The molecular weight excluding hydrogens is 220 g/mol. The zero-order chi connectivity index (χ0) is 13.1. The van der Waals surface area contributed by atoms with Crippen LogP contribution in [0.3, 0.4) is 0 Å². The van der Waals surface area contributed by atoms with Crippen LogP contribution in [0.2, 0.25) is 0 Å². The van der Waals surface area contributed by atoms with Crippen LogP contribution in [0.15, 0.2) is 12.7 Å². The zero-order valence-corrected chi connectivity index (χ0v) is 8.51. The lowest BCUT2D eigenvalue weighted by Crippen LogP contribution is -2.46. The minimum absolute atomic E-state index is 0.0258. The molecule has 4 unspecified atom stereocenters. The summed E-state index contributed by atoms with van der Waals surface area (Å²) in [6.45, 7) is 2.35. The van der Waals surface area contributed by atoms with Crippen LogP contribution >= 0.6 is 0 Å². The van der Waals surface area contributed by atoms with E-state index in [0.29, 0.717) is 6.29 Å². The Morgan fingerprint density at radius 1 is 1.06 bits per heavy atom. The molecule has 4 atom stereocenters. The molecule has 0 amide bonds. The van der Waals surface area contributed by atoms with E-state index in [1.54, 1.807) is 0 Å². The first-order valence-corrected chi connectivity index (χ1v) is 4.30. The molecule has 94 valence electrons. The van der Waals surface area contributed by atoms with E-state index >= 15 is 0 Å². The van der Waals surface area contributed by atoms with Gasteiger partial charge < -0.3 is 30.3 Å². The van der Waals surface area contributed by atoms with Crippen LogP contribution < -0.4 is 0 Å². The molecule has 0 rings (SSSR count). The average molecular weight is 236 g/mol. The van der Waals surface area contributed by atoms with E-state index in [1.807, 2.05) is 0 Å². The molecule has 7 heteroatoms. The van der Waals surface area contributed by atoms with Crippen LogP contribution in [0.1, 0.15) is 0 Å². The van der Waals surface area contributed by atoms with Gasteiger partial charge in [-0.1, -0.05) is 6.58 Å². The van der Waals surface area contributed by atoms with E-state index in [-0.39, 0.29) is 6.29 Å². The third kappa shape index (κ3) is 7.21. The maximum absolute atomic E-state index is 9.90. The molecule has 0 saturated heterocycles. The number of aliphatic hydroxyl groups excluding tert-OH is 5. The Morgan fingerprint density at radius 2 is 1.50 bits per heavy atom. The Bertz CT molecular complexity index is 200. The van der Waals surface area contributed by atoms with Crippen molar-refractivity contribution in [2.75, 3.05) is 6.61 Å². The van der Waals surface area contributed by atoms with E-state index in [1.165, 1.54) is 6.08 Å². The van der Waals surface area contributed by atoms with E-state index in [9.17, 15) is 4.79 Å². The van der Waals surface area contributed by atoms with Crippen molar-refractivity contribution in [2.24, 2.45) is 0 Å². The Labute approximate surface area is 92.3 Å². The molecule has 0 aliphatic rings. The first-order valence-electron chi connectivity index (χ1n) is 4.30. The molecule has 0 bridgehead atoms. The molecule has 0 heterocycles. The summed E-state index contributed by atoms with van der Waals surface area (Å²) >= 11 is 0. The molecule has 0 fully saturated rings. The Balaban J connectivity index is 0. The number of aldehydes is 2. The number of aliphatic hydroxyl groups is 5. The first kappa shape index (κ1) is 17.3. The number of rotatable bonds is 6. The predicted molar refractivity (Wildman–Crippen MR) is 53.4 cm³/mol. The largest absolute Gasteiger partial charge is 0.394 e. The molecule has 7 nitrogen and oxygen atoms in total. The van der Waals surface area contributed by atoms with Gasteiger partial charge in [-0.15, -0.1) is 0 Å². The van der Waals surface area contributed by atoms with Gasteiger partial charge in [-0.25, -0.2) is 0 Å². The van der Waals surface area contributed by atoms with Crippen molar-refractivity contribution in [3.63, 3.8) is 0 Å². The maximum Gasteiger partial charge on any atom is 0.151 e. The summed E-state index contributed by atoms with van der Waals surface area (Å²) in [6, 6.07) is 0. The van der Waals surface area contributed by atoms with Crippen LogP contribution in [0.25, 0.3) is 0 Å². The number of allylic oxidation sites excluding steroid dienone is 1. The van der Waals surface area contributed by atoms with Crippen LogP contribution in [0.4, 0.5) is 0 Å². The maximum atomic E-state index is 9.90. The minimum atomic E-state index is -1.79. The third-order valence-corrected chi connectivity index (χ3v) is 1.52. The molecule has 0 aliphatic heterocycles. The van der Waals surface area contributed by atoms with Crippen molar-refractivity contribution < 1.29 is 35.1 Å². The highest BCUT2D eigenvalue weighted by molar-refractivity contribution is 5.63. The smallest absolute Gasteiger partial charge is 0.151 e. The zero-order valence-electron chi connectivity index (χ0n) is 8.51. The highest BCUT2D eigenvalue weighted by Gasteiger charge is 2.29. The third-order valence-electron chi connectivity index (χ3n) is 1.52. The van der Waals surface area contributed by atoms with Gasteiger partial charge in [0.25, 0.3) is 0 Å². The van der Waals surface area contributed by atoms with E-state index < -0.39 is 31.0 Å². The van der Waals surface area contributed by atoms with Crippen molar-refractivity contribution in [1.82, 2.24) is 0 Å². The van der Waals surface area contributed by atoms with Crippen molar-refractivity contribution in [2.45, 2.75) is 24.4 Å². The SMILES string of the molecule is C=CC=O.O=CC(O)C(O)C(O)C(O)CO. The van der Waals surface area contributed by atoms with Gasteiger partial charge in [-0.05, 0) is 6.08 Å². The van der Waals surface area contributed by atoms with Crippen molar-refractivity contribution in [3.05, 3.63) is 12.7 Å². The summed E-state index contributed by atoms with van der Waals surface area (Å²) in [4.78, 5) is 19.0. The molecule has 0 aromatic heterocycles. The van der Waals surface area contributed by atoms with Crippen LogP contribution in [-0.4, -0.2) is 69.1 Å². The highest BCUT2D eigenvalue weighted by Crippen LogP contribution is 2.02. The van der Waals surface area contributed by atoms with E-state index in [4.69, 9.17) is 30.3 Å². The number of hydrogen-bond donors (Lipinski definition) is 5. The first-order chi connectivity index (χ1) is 7.45. The fourth-order valence-corrected chi connectivity index (χ4v) is 0.618. The van der Waals surface area contributed by atoms with Crippen molar-refractivity contribution >= 4 is 12.6 Å². The molecule has 0 aromatic carbocycles. The lowest BCUT2D eigenvalue weighted by atomic mass is 10.0. The van der Waals surface area contributed by atoms with Gasteiger partial charge in [0.1, 0.15) is 30.7 Å². The van der Waals surface area contributed by atoms with Crippen molar-refractivity contribution in [1.29, 1.82) is 0 Å². The van der Waals surface area contributed by atoms with Gasteiger partial charge in [0.2, 0.25) is 0 Å². The van der Waals surface area contributed by atoms with E-state index in [0.717, 1.165) is 0 Å². The average Bonchev–Trinajstić information content (AvgIpc) is 2.34. The summed E-state index contributed by atoms with van der Waals surface area (Å²) in [5.41, 5.74) is 0. The molecule has 0 aromatic rings. The fraction of sp³-hybridized carbons (Fsp3) is 0.556. The van der Waals surface area contributed by atoms with Gasteiger partial charge in [-0.2, -0.15) is 0 Å². The Kier molecular flexibility index (Phi) is 11.2. The van der Waals surface area contributed by atoms with Gasteiger partial charge in [0.15, 0.2) is 6.29 Å². The molecule has 16 heavy (non-hydrogen) atoms. The molecule has 0 aliphatic carbocycles. The normalized spacial score (nSPS) is 17.1. The molecular formula is C9H16O7. The quantitative estimate of drug-likeness (QED) is 0.245. The number of carbonyl (C=O) groups excluding carboxylic acids is 2. The van der Waals surface area contributed by atoms with Crippen LogP contribution in [-0.2, 0) is 9.59 Å². The second-order valence-corrected chi connectivity index (χ2v) is 2.73. The molecule has 0 radical (unpaired) electrons. The number of hydrogen-bond acceptors (Lipinski definition) is 7. The minimum Gasteiger partial charge on any atom is -0.394 e. The highest BCUT2D eigenvalue weighted by atomic mass is 16.4. The predicted octanol–water partition coefficient (Wildman–Crippen LogP) is -3.01. The Hall–Kier alpha value is -1.12. The molecule has 0 saturated carbocycles. The summed E-state index contributed by atoms with van der Waals surface area (Å²) in [5.74, 6) is 0. The summed E-state index contributed by atoms with van der Waals surface area (Å²) in [5, 5.41) is 43.5. The van der Waals surface area contributed by atoms with Gasteiger partial charge in [-0.3, -0.25) is 4.79 Å². The molecule has 5 N–H and O–H groups in total. The lowest BCUT2D eigenvalue weighted by Gasteiger charge is -2.22. The van der Waals surface area contributed by atoms with E-state index in [2.05, 4.69) is 6.58 Å². The molecule has 0 spiro atoms. The Morgan fingerprint density at radius 3 is 1.75 bits per heavy atom. The van der Waals surface area contributed by atoms with Gasteiger partial charge in [0.05, 0.1) is 6.61 Å². The second kappa shape index (κ2) is 10.4. The lowest BCUT2D eigenvalue weighted by molar-refractivity contribution is -0.136.